The lowest BCUT2D eigenvalue weighted by molar-refractivity contribution is 0.0696. The van der Waals surface area contributed by atoms with Gasteiger partial charge in [0, 0.05) is 19.8 Å². The predicted octanol–water partition coefficient (Wildman–Crippen LogP) is 1.23. The molecule has 0 fully saturated rings. The maximum absolute atomic E-state index is 12.0. The smallest absolute Gasteiger partial charge is 0.335 e. The van der Waals surface area contributed by atoms with Gasteiger partial charge < -0.3 is 9.84 Å². The van der Waals surface area contributed by atoms with Crippen molar-refractivity contribution >= 4 is 16.0 Å². The SMILES string of the molecule is COCCC(C)NS(=O)(=O)Cc1cccc(C(=O)O)c1. The number of ether oxygens (including phenoxy) is 1. The van der Waals surface area contributed by atoms with Crippen molar-refractivity contribution in [3.63, 3.8) is 0 Å². The van der Waals surface area contributed by atoms with E-state index >= 15 is 0 Å². The third-order valence-electron chi connectivity index (χ3n) is 2.67. The lowest BCUT2D eigenvalue weighted by Gasteiger charge is -2.13. The number of hydrogen-bond donors (Lipinski definition) is 2. The number of sulfonamides is 1. The Bertz CT molecular complexity index is 556. The predicted molar refractivity (Wildman–Crippen MR) is 75.1 cm³/mol. The first kappa shape index (κ1) is 16.6. The topological polar surface area (TPSA) is 92.7 Å². The van der Waals surface area contributed by atoms with Crippen molar-refractivity contribution in [1.29, 1.82) is 0 Å². The summed E-state index contributed by atoms with van der Waals surface area (Å²) in [5.74, 6) is -1.32. The molecule has 0 aromatic heterocycles. The minimum absolute atomic E-state index is 0.0742. The number of rotatable bonds is 8. The van der Waals surface area contributed by atoms with Crippen LogP contribution in [-0.4, -0.2) is 39.3 Å². The Hall–Kier alpha value is -1.44. The summed E-state index contributed by atoms with van der Waals surface area (Å²) >= 11 is 0. The summed E-state index contributed by atoms with van der Waals surface area (Å²) in [6.07, 6.45) is 0.574. The number of carbonyl (C=O) groups is 1. The molecule has 6 nitrogen and oxygen atoms in total. The van der Waals surface area contributed by atoms with E-state index in [4.69, 9.17) is 9.84 Å². The molecule has 0 saturated heterocycles. The lowest BCUT2D eigenvalue weighted by atomic mass is 10.1. The molecule has 1 rings (SSSR count). The normalized spacial score (nSPS) is 13.1. The summed E-state index contributed by atoms with van der Waals surface area (Å²) in [6.45, 7) is 2.22. The van der Waals surface area contributed by atoms with E-state index < -0.39 is 16.0 Å². The van der Waals surface area contributed by atoms with Gasteiger partial charge in [-0.1, -0.05) is 12.1 Å². The molecule has 0 amide bonds. The molecular formula is C13H19NO5S. The van der Waals surface area contributed by atoms with Gasteiger partial charge in [0.15, 0.2) is 0 Å². The number of hydrogen-bond acceptors (Lipinski definition) is 4. The molecule has 0 bridgehead atoms. The summed E-state index contributed by atoms with van der Waals surface area (Å²) in [7, 11) is -1.95. The van der Waals surface area contributed by atoms with E-state index in [1.807, 2.05) is 0 Å². The highest BCUT2D eigenvalue weighted by atomic mass is 32.2. The van der Waals surface area contributed by atoms with Crippen LogP contribution in [0.1, 0.15) is 29.3 Å². The Kier molecular flexibility index (Phi) is 6.12. The van der Waals surface area contributed by atoms with Crippen LogP contribution in [0.25, 0.3) is 0 Å². The molecule has 0 spiro atoms. The monoisotopic (exact) mass is 301 g/mol. The van der Waals surface area contributed by atoms with Crippen LogP contribution < -0.4 is 4.72 Å². The van der Waals surface area contributed by atoms with Crippen molar-refractivity contribution in [3.05, 3.63) is 35.4 Å². The Balaban J connectivity index is 2.71. The van der Waals surface area contributed by atoms with Gasteiger partial charge in [0.2, 0.25) is 10.0 Å². The van der Waals surface area contributed by atoms with Crippen molar-refractivity contribution in [3.8, 4) is 0 Å². The van der Waals surface area contributed by atoms with E-state index in [9.17, 15) is 13.2 Å². The second-order valence-corrected chi connectivity index (χ2v) is 6.32. The van der Waals surface area contributed by atoms with E-state index in [1.54, 1.807) is 20.1 Å². The van der Waals surface area contributed by atoms with Gasteiger partial charge in [-0.25, -0.2) is 17.9 Å². The van der Waals surface area contributed by atoms with Crippen LogP contribution in [0.15, 0.2) is 24.3 Å². The number of benzene rings is 1. The minimum atomic E-state index is -3.51. The largest absolute Gasteiger partial charge is 0.478 e. The third kappa shape index (κ3) is 5.68. The van der Waals surface area contributed by atoms with Crippen LogP contribution in [0, 0.1) is 0 Å². The molecule has 0 saturated carbocycles. The molecule has 2 N–H and O–H groups in total. The van der Waals surface area contributed by atoms with Gasteiger partial charge in [0.05, 0.1) is 11.3 Å². The van der Waals surface area contributed by atoms with Gasteiger partial charge in [0.1, 0.15) is 0 Å². The van der Waals surface area contributed by atoms with E-state index in [0.717, 1.165) is 0 Å². The fraction of sp³-hybridized carbons (Fsp3) is 0.462. The van der Waals surface area contributed by atoms with E-state index in [0.29, 0.717) is 18.6 Å². The Morgan fingerprint density at radius 1 is 1.45 bits per heavy atom. The van der Waals surface area contributed by atoms with Crippen molar-refractivity contribution in [2.45, 2.75) is 25.1 Å². The van der Waals surface area contributed by atoms with Crippen molar-refractivity contribution in [2.24, 2.45) is 0 Å². The average molecular weight is 301 g/mol. The zero-order chi connectivity index (χ0) is 15.2. The summed E-state index contributed by atoms with van der Waals surface area (Å²) in [5, 5.41) is 8.87. The van der Waals surface area contributed by atoms with Gasteiger partial charge in [-0.15, -0.1) is 0 Å². The first-order chi connectivity index (χ1) is 9.34. The Labute approximate surface area is 118 Å². The van der Waals surface area contributed by atoms with Crippen LogP contribution in [-0.2, 0) is 20.5 Å². The molecule has 0 aliphatic heterocycles. The maximum atomic E-state index is 12.0. The fourth-order valence-electron chi connectivity index (χ4n) is 1.72. The van der Waals surface area contributed by atoms with Gasteiger partial charge in [0.25, 0.3) is 0 Å². The number of nitrogens with one attached hydrogen (secondary N) is 1. The van der Waals surface area contributed by atoms with E-state index in [1.165, 1.54) is 18.2 Å². The molecule has 0 aliphatic rings. The van der Waals surface area contributed by atoms with Gasteiger partial charge in [-0.2, -0.15) is 0 Å². The zero-order valence-electron chi connectivity index (χ0n) is 11.5. The molecule has 7 heteroatoms. The molecule has 0 heterocycles. The molecule has 1 unspecified atom stereocenters. The molecule has 1 aromatic carbocycles. The standard InChI is InChI=1S/C13H19NO5S/c1-10(6-7-19-2)14-20(17,18)9-11-4-3-5-12(8-11)13(15)16/h3-5,8,10,14H,6-7,9H2,1-2H3,(H,15,16). The molecule has 0 aliphatic carbocycles. The number of carboxylic acids is 1. The molecule has 1 atom stereocenters. The molecule has 112 valence electrons. The first-order valence-corrected chi connectivity index (χ1v) is 7.80. The second kappa shape index (κ2) is 7.37. The highest BCUT2D eigenvalue weighted by Gasteiger charge is 2.16. The number of carboxylic acid groups (broad SMARTS) is 1. The lowest BCUT2D eigenvalue weighted by Crippen LogP contribution is -2.34. The molecule has 0 radical (unpaired) electrons. The summed E-state index contributed by atoms with van der Waals surface area (Å²) in [5.41, 5.74) is 0.515. The van der Waals surface area contributed by atoms with Gasteiger partial charge >= 0.3 is 5.97 Å². The zero-order valence-corrected chi connectivity index (χ0v) is 12.3. The highest BCUT2D eigenvalue weighted by Crippen LogP contribution is 2.09. The van der Waals surface area contributed by atoms with Gasteiger partial charge in [-0.3, -0.25) is 0 Å². The van der Waals surface area contributed by atoms with Crippen LogP contribution in [0.4, 0.5) is 0 Å². The summed E-state index contributed by atoms with van der Waals surface area (Å²) in [4.78, 5) is 10.8. The quantitative estimate of drug-likeness (QED) is 0.753. The first-order valence-electron chi connectivity index (χ1n) is 6.15. The van der Waals surface area contributed by atoms with Crippen molar-refractivity contribution in [2.75, 3.05) is 13.7 Å². The van der Waals surface area contributed by atoms with Crippen LogP contribution in [0.5, 0.6) is 0 Å². The van der Waals surface area contributed by atoms with Crippen molar-refractivity contribution in [1.82, 2.24) is 4.72 Å². The molecular weight excluding hydrogens is 282 g/mol. The third-order valence-corrected chi connectivity index (χ3v) is 4.14. The highest BCUT2D eigenvalue weighted by molar-refractivity contribution is 7.88. The van der Waals surface area contributed by atoms with Gasteiger partial charge in [-0.05, 0) is 31.0 Å². The average Bonchev–Trinajstić information content (AvgIpc) is 2.35. The number of methoxy groups -OCH3 is 1. The minimum Gasteiger partial charge on any atom is -0.478 e. The summed E-state index contributed by atoms with van der Waals surface area (Å²) < 4.78 is 31.3. The Morgan fingerprint density at radius 3 is 2.75 bits per heavy atom. The van der Waals surface area contributed by atoms with Crippen molar-refractivity contribution < 1.29 is 23.1 Å². The maximum Gasteiger partial charge on any atom is 0.335 e. The van der Waals surface area contributed by atoms with E-state index in [2.05, 4.69) is 4.72 Å². The fourth-order valence-corrected chi connectivity index (χ4v) is 3.15. The van der Waals surface area contributed by atoms with Crippen LogP contribution >= 0.6 is 0 Å². The molecule has 20 heavy (non-hydrogen) atoms. The van der Waals surface area contributed by atoms with E-state index in [-0.39, 0.29) is 17.4 Å². The number of aromatic carboxylic acids is 1. The summed E-state index contributed by atoms with van der Waals surface area (Å²) in [6, 6.07) is 5.67. The molecule has 1 aromatic rings. The van der Waals surface area contributed by atoms with Crippen LogP contribution in [0.2, 0.25) is 0 Å². The second-order valence-electron chi connectivity index (χ2n) is 4.56. The van der Waals surface area contributed by atoms with Crippen LogP contribution in [0.3, 0.4) is 0 Å². The Morgan fingerprint density at radius 2 is 2.15 bits per heavy atom.